The molecule has 0 saturated heterocycles. The summed E-state index contributed by atoms with van der Waals surface area (Å²) in [6, 6.07) is 7.81. The standard InChI is InChI=1S/C14H9F3O2S/c15-9-5-6-10(12(17)7-9)13(18)8-20(19)14-4-2-1-3-11(14)16/h1-7H,8H2. The largest absolute Gasteiger partial charge is 0.293 e. The summed E-state index contributed by atoms with van der Waals surface area (Å²) in [4.78, 5) is 11.7. The van der Waals surface area contributed by atoms with Gasteiger partial charge in [-0.15, -0.1) is 0 Å². The van der Waals surface area contributed by atoms with Crippen LogP contribution in [0.5, 0.6) is 0 Å². The van der Waals surface area contributed by atoms with E-state index in [0.29, 0.717) is 6.07 Å². The van der Waals surface area contributed by atoms with Crippen LogP contribution < -0.4 is 0 Å². The third kappa shape index (κ3) is 3.14. The lowest BCUT2D eigenvalue weighted by Crippen LogP contribution is -2.13. The fraction of sp³-hybridized carbons (Fsp3) is 0.0714. The van der Waals surface area contributed by atoms with Crippen LogP contribution in [0.3, 0.4) is 0 Å². The molecule has 20 heavy (non-hydrogen) atoms. The molecule has 0 amide bonds. The van der Waals surface area contributed by atoms with Gasteiger partial charge in [-0.25, -0.2) is 13.2 Å². The van der Waals surface area contributed by atoms with Gasteiger partial charge in [0.15, 0.2) is 5.78 Å². The molecule has 0 saturated carbocycles. The Morgan fingerprint density at radius 2 is 1.70 bits per heavy atom. The van der Waals surface area contributed by atoms with Crippen LogP contribution in [-0.4, -0.2) is 15.7 Å². The van der Waals surface area contributed by atoms with Gasteiger partial charge in [0.1, 0.15) is 17.5 Å². The maximum absolute atomic E-state index is 13.4. The molecule has 0 N–H and O–H groups in total. The molecule has 1 atom stereocenters. The summed E-state index contributed by atoms with van der Waals surface area (Å²) in [7, 11) is -1.92. The van der Waals surface area contributed by atoms with Gasteiger partial charge in [0.2, 0.25) is 0 Å². The maximum atomic E-state index is 13.4. The van der Waals surface area contributed by atoms with Crippen molar-refractivity contribution in [3.05, 3.63) is 65.5 Å². The van der Waals surface area contributed by atoms with E-state index in [-0.39, 0.29) is 10.5 Å². The van der Waals surface area contributed by atoms with E-state index in [1.165, 1.54) is 18.2 Å². The fourth-order valence-corrected chi connectivity index (χ4v) is 2.68. The highest BCUT2D eigenvalue weighted by atomic mass is 32.2. The smallest absolute Gasteiger partial charge is 0.178 e. The zero-order valence-corrected chi connectivity index (χ0v) is 10.9. The van der Waals surface area contributed by atoms with Crippen molar-refractivity contribution in [3.8, 4) is 0 Å². The molecule has 0 bridgehead atoms. The van der Waals surface area contributed by atoms with E-state index in [4.69, 9.17) is 0 Å². The fourth-order valence-electron chi connectivity index (χ4n) is 1.62. The molecule has 0 aliphatic carbocycles. The van der Waals surface area contributed by atoms with Gasteiger partial charge in [-0.1, -0.05) is 12.1 Å². The minimum Gasteiger partial charge on any atom is -0.293 e. The molecule has 2 rings (SSSR count). The summed E-state index contributed by atoms with van der Waals surface area (Å²) in [5.41, 5.74) is -0.365. The second kappa shape index (κ2) is 6.00. The summed E-state index contributed by atoms with van der Waals surface area (Å²) in [5, 5.41) is 0. The number of benzene rings is 2. The first-order valence-corrected chi connectivity index (χ1v) is 6.92. The summed E-state index contributed by atoms with van der Waals surface area (Å²) in [6.45, 7) is 0. The summed E-state index contributed by atoms with van der Waals surface area (Å²) in [6.07, 6.45) is 0. The zero-order chi connectivity index (χ0) is 14.7. The molecule has 0 aliphatic rings. The van der Waals surface area contributed by atoms with Crippen molar-refractivity contribution >= 4 is 16.6 Å². The summed E-state index contributed by atoms with van der Waals surface area (Å²) in [5.74, 6) is -3.87. The number of carbonyl (C=O) groups is 1. The first-order valence-electron chi connectivity index (χ1n) is 5.60. The van der Waals surface area contributed by atoms with Crippen LogP contribution in [0, 0.1) is 17.5 Å². The number of halogens is 3. The molecule has 0 radical (unpaired) electrons. The topological polar surface area (TPSA) is 34.1 Å². The minimum atomic E-state index is -1.92. The van der Waals surface area contributed by atoms with Gasteiger partial charge in [0.05, 0.1) is 27.0 Å². The molecule has 0 spiro atoms. The predicted octanol–water partition coefficient (Wildman–Crippen LogP) is 3.09. The molecular weight excluding hydrogens is 289 g/mol. The normalized spacial score (nSPS) is 12.2. The summed E-state index contributed by atoms with van der Waals surface area (Å²) >= 11 is 0. The van der Waals surface area contributed by atoms with Gasteiger partial charge in [-0.3, -0.25) is 9.00 Å². The van der Waals surface area contributed by atoms with Crippen LogP contribution in [0.2, 0.25) is 0 Å². The van der Waals surface area contributed by atoms with Gasteiger partial charge in [-0.2, -0.15) is 0 Å². The van der Waals surface area contributed by atoms with Crippen LogP contribution in [0.4, 0.5) is 13.2 Å². The highest BCUT2D eigenvalue weighted by Crippen LogP contribution is 2.15. The van der Waals surface area contributed by atoms with Gasteiger partial charge < -0.3 is 0 Å². The number of carbonyl (C=O) groups excluding carboxylic acids is 1. The van der Waals surface area contributed by atoms with E-state index >= 15 is 0 Å². The highest BCUT2D eigenvalue weighted by molar-refractivity contribution is 7.85. The van der Waals surface area contributed by atoms with Crippen molar-refractivity contribution < 1.29 is 22.2 Å². The first-order chi connectivity index (χ1) is 9.49. The van der Waals surface area contributed by atoms with Crippen molar-refractivity contribution in [2.75, 3.05) is 5.75 Å². The van der Waals surface area contributed by atoms with Crippen molar-refractivity contribution in [3.63, 3.8) is 0 Å². The Kier molecular flexibility index (Phi) is 4.34. The highest BCUT2D eigenvalue weighted by Gasteiger charge is 2.18. The molecule has 0 fully saturated rings. The lowest BCUT2D eigenvalue weighted by atomic mass is 10.1. The number of ketones is 1. The van der Waals surface area contributed by atoms with Crippen LogP contribution in [0.15, 0.2) is 47.4 Å². The second-order valence-electron chi connectivity index (χ2n) is 3.97. The molecule has 6 heteroatoms. The average Bonchev–Trinajstić information content (AvgIpc) is 2.38. The summed E-state index contributed by atoms with van der Waals surface area (Å²) < 4.78 is 51.4. The van der Waals surface area contributed by atoms with Crippen LogP contribution in [0.25, 0.3) is 0 Å². The molecule has 104 valence electrons. The monoisotopic (exact) mass is 298 g/mol. The quantitative estimate of drug-likeness (QED) is 0.813. The van der Waals surface area contributed by atoms with Gasteiger partial charge in [0, 0.05) is 6.07 Å². The Hall–Kier alpha value is -1.95. The van der Waals surface area contributed by atoms with Crippen LogP contribution in [-0.2, 0) is 10.8 Å². The Bertz CT molecular complexity index is 686. The predicted molar refractivity (Wildman–Crippen MR) is 68.4 cm³/mol. The molecule has 2 aromatic rings. The van der Waals surface area contributed by atoms with Crippen molar-refractivity contribution in [1.82, 2.24) is 0 Å². The minimum absolute atomic E-state index is 0.122. The molecular formula is C14H9F3O2S. The van der Waals surface area contributed by atoms with Crippen molar-refractivity contribution in [2.24, 2.45) is 0 Å². The molecule has 2 nitrogen and oxygen atoms in total. The number of Topliss-reactive ketones (excluding diaryl/α,β-unsaturated/α-hetero) is 1. The van der Waals surface area contributed by atoms with Gasteiger partial charge in [-0.05, 0) is 24.3 Å². The van der Waals surface area contributed by atoms with E-state index in [2.05, 4.69) is 0 Å². The maximum Gasteiger partial charge on any atom is 0.178 e. The van der Waals surface area contributed by atoms with Crippen LogP contribution in [0.1, 0.15) is 10.4 Å². The van der Waals surface area contributed by atoms with Gasteiger partial charge in [0.25, 0.3) is 0 Å². The second-order valence-corrected chi connectivity index (χ2v) is 5.39. The van der Waals surface area contributed by atoms with E-state index in [9.17, 15) is 22.2 Å². The molecule has 0 aliphatic heterocycles. The molecule has 2 aromatic carbocycles. The lowest BCUT2D eigenvalue weighted by molar-refractivity contribution is 0.101. The molecule has 0 aromatic heterocycles. The van der Waals surface area contributed by atoms with Crippen LogP contribution >= 0.6 is 0 Å². The Labute approximate surface area is 115 Å². The Balaban J connectivity index is 2.20. The van der Waals surface area contributed by atoms with E-state index < -0.39 is 39.8 Å². The molecule has 1 unspecified atom stereocenters. The van der Waals surface area contributed by atoms with E-state index in [1.54, 1.807) is 0 Å². The number of hydrogen-bond acceptors (Lipinski definition) is 2. The van der Waals surface area contributed by atoms with Crippen molar-refractivity contribution in [1.29, 1.82) is 0 Å². The third-order valence-electron chi connectivity index (χ3n) is 2.58. The van der Waals surface area contributed by atoms with Crippen molar-refractivity contribution in [2.45, 2.75) is 4.90 Å². The average molecular weight is 298 g/mol. The van der Waals surface area contributed by atoms with E-state index in [1.807, 2.05) is 0 Å². The van der Waals surface area contributed by atoms with Gasteiger partial charge >= 0.3 is 0 Å². The number of hydrogen-bond donors (Lipinski definition) is 0. The Morgan fingerprint density at radius 3 is 2.35 bits per heavy atom. The zero-order valence-electron chi connectivity index (χ0n) is 10.1. The third-order valence-corrected chi connectivity index (χ3v) is 3.92. The van der Waals surface area contributed by atoms with E-state index in [0.717, 1.165) is 18.2 Å². The molecule has 0 heterocycles. The Morgan fingerprint density at radius 1 is 1.00 bits per heavy atom. The first kappa shape index (κ1) is 14.5. The number of rotatable bonds is 4. The lowest BCUT2D eigenvalue weighted by Gasteiger charge is -2.04. The SMILES string of the molecule is O=C(CS(=O)c1ccccc1F)c1ccc(F)cc1F.